The van der Waals surface area contributed by atoms with Crippen LogP contribution < -0.4 is 10.6 Å². The molecule has 154 valence electrons. The lowest BCUT2D eigenvalue weighted by atomic mass is 10.1. The molecule has 0 aliphatic carbocycles. The Morgan fingerprint density at radius 1 is 1.36 bits per heavy atom. The lowest BCUT2D eigenvalue weighted by Crippen LogP contribution is -2.45. The third-order valence-electron chi connectivity index (χ3n) is 5.65. The van der Waals surface area contributed by atoms with Crippen LogP contribution >= 0.6 is 0 Å². The third kappa shape index (κ3) is 5.67. The minimum Gasteiger partial charge on any atom is -0.370 e. The van der Waals surface area contributed by atoms with E-state index in [0.717, 1.165) is 63.3 Å². The summed E-state index contributed by atoms with van der Waals surface area (Å²) < 4.78 is 0. The number of rotatable bonds is 8. The molecule has 7 heteroatoms. The van der Waals surface area contributed by atoms with E-state index in [9.17, 15) is 9.59 Å². The van der Waals surface area contributed by atoms with Crippen LogP contribution in [0.5, 0.6) is 0 Å². The molecule has 0 bridgehead atoms. The molecule has 2 aliphatic heterocycles. The second-order valence-corrected chi connectivity index (χ2v) is 8.02. The summed E-state index contributed by atoms with van der Waals surface area (Å²) in [6.07, 6.45) is 6.09. The van der Waals surface area contributed by atoms with Crippen molar-refractivity contribution in [3.8, 4) is 0 Å². The van der Waals surface area contributed by atoms with Crippen LogP contribution in [0, 0.1) is 0 Å². The number of Topliss-reactive ketones (excluding diaryl/α,β-unsaturated/α-hetero) is 1. The summed E-state index contributed by atoms with van der Waals surface area (Å²) in [6, 6.07) is 4.49. The zero-order valence-electron chi connectivity index (χ0n) is 17.2. The summed E-state index contributed by atoms with van der Waals surface area (Å²) in [5, 5.41) is 6.40. The first kappa shape index (κ1) is 20.6. The van der Waals surface area contributed by atoms with Gasteiger partial charge in [0.1, 0.15) is 11.6 Å². The number of hydrogen-bond donors (Lipinski definition) is 2. The molecule has 0 unspecified atom stereocenters. The number of amides is 2. The van der Waals surface area contributed by atoms with Gasteiger partial charge >= 0.3 is 6.03 Å². The SMILES string of the molecule is CC(=O)CN1CC[C@@H](N(C)C(=O)NCCCCc2ccc3c(n2)NCCC3)C1. The fourth-order valence-corrected chi connectivity index (χ4v) is 4.01. The van der Waals surface area contributed by atoms with Crippen molar-refractivity contribution in [2.45, 2.75) is 51.5 Å². The first-order valence-corrected chi connectivity index (χ1v) is 10.5. The molecule has 2 N–H and O–H groups in total. The molecule has 0 radical (unpaired) electrons. The molecule has 1 aromatic heterocycles. The molecule has 2 amide bonds. The van der Waals surface area contributed by atoms with Gasteiger partial charge in [0.15, 0.2) is 0 Å². The summed E-state index contributed by atoms with van der Waals surface area (Å²) in [4.78, 5) is 32.2. The quantitative estimate of drug-likeness (QED) is 0.668. The number of fused-ring (bicyclic) bond motifs is 1. The highest BCUT2D eigenvalue weighted by atomic mass is 16.2. The van der Waals surface area contributed by atoms with E-state index in [1.807, 2.05) is 7.05 Å². The predicted molar refractivity (Wildman–Crippen MR) is 111 cm³/mol. The molecule has 1 aromatic rings. The van der Waals surface area contributed by atoms with Gasteiger partial charge in [-0.05, 0) is 57.1 Å². The number of hydrogen-bond acceptors (Lipinski definition) is 5. The van der Waals surface area contributed by atoms with Gasteiger partial charge < -0.3 is 15.5 Å². The van der Waals surface area contributed by atoms with E-state index in [1.165, 1.54) is 12.0 Å². The standard InChI is InChI=1S/C21H33N5O2/c1-16(27)14-26-13-10-19(15-26)25(2)21(28)23-11-4-3-7-18-9-8-17-6-5-12-22-20(17)24-18/h8-9,19H,3-7,10-15H2,1-2H3,(H,22,24)(H,23,28)/t19-/m1/s1. The Morgan fingerprint density at radius 3 is 3.04 bits per heavy atom. The normalized spacial score (nSPS) is 19.0. The van der Waals surface area contributed by atoms with E-state index in [1.54, 1.807) is 11.8 Å². The summed E-state index contributed by atoms with van der Waals surface area (Å²) in [7, 11) is 1.85. The van der Waals surface area contributed by atoms with Gasteiger partial charge in [0, 0.05) is 45.0 Å². The molecule has 1 atom stereocenters. The van der Waals surface area contributed by atoms with Gasteiger partial charge in [-0.3, -0.25) is 9.69 Å². The molecule has 3 heterocycles. The maximum atomic E-state index is 12.4. The van der Waals surface area contributed by atoms with Crippen molar-refractivity contribution in [2.24, 2.45) is 0 Å². The van der Waals surface area contributed by atoms with Crippen molar-refractivity contribution < 1.29 is 9.59 Å². The number of likely N-dealkylation sites (N-methyl/N-ethyl adjacent to an activating group) is 1. The molecule has 3 rings (SSSR count). The third-order valence-corrected chi connectivity index (χ3v) is 5.65. The van der Waals surface area contributed by atoms with Gasteiger partial charge in [-0.25, -0.2) is 9.78 Å². The first-order valence-electron chi connectivity index (χ1n) is 10.5. The molecule has 28 heavy (non-hydrogen) atoms. The molecule has 0 spiro atoms. The highest BCUT2D eigenvalue weighted by Crippen LogP contribution is 2.20. The number of likely N-dealkylation sites (tertiary alicyclic amines) is 1. The Balaban J connectivity index is 1.32. The second-order valence-electron chi connectivity index (χ2n) is 8.02. The number of aryl methyl sites for hydroxylation is 2. The van der Waals surface area contributed by atoms with Gasteiger partial charge in [0.25, 0.3) is 0 Å². The van der Waals surface area contributed by atoms with Crippen LogP contribution in [0.15, 0.2) is 12.1 Å². The number of carbonyl (C=O) groups excluding carboxylic acids is 2. The van der Waals surface area contributed by atoms with Crippen LogP contribution in [-0.4, -0.2) is 72.4 Å². The topological polar surface area (TPSA) is 77.6 Å². The smallest absolute Gasteiger partial charge is 0.317 e. The maximum absolute atomic E-state index is 12.4. The molecular formula is C21H33N5O2. The molecule has 1 fully saturated rings. The van der Waals surface area contributed by atoms with Crippen molar-refractivity contribution in [1.82, 2.24) is 20.1 Å². The first-order chi connectivity index (χ1) is 13.5. The number of anilines is 1. The summed E-state index contributed by atoms with van der Waals surface area (Å²) in [6.45, 7) is 5.44. The number of urea groups is 1. The number of unbranched alkanes of at least 4 members (excludes halogenated alkanes) is 1. The zero-order chi connectivity index (χ0) is 19.9. The van der Waals surface area contributed by atoms with Crippen LogP contribution in [0.25, 0.3) is 0 Å². The summed E-state index contributed by atoms with van der Waals surface area (Å²) >= 11 is 0. The second kappa shape index (κ2) is 9.87. The number of ketones is 1. The number of carbonyl (C=O) groups is 2. The average Bonchev–Trinajstić information content (AvgIpc) is 3.14. The molecular weight excluding hydrogens is 354 g/mol. The largest absolute Gasteiger partial charge is 0.370 e. The van der Waals surface area contributed by atoms with Gasteiger partial charge in [0.05, 0.1) is 6.54 Å². The van der Waals surface area contributed by atoms with Gasteiger partial charge in [-0.15, -0.1) is 0 Å². The highest BCUT2D eigenvalue weighted by molar-refractivity contribution is 5.77. The summed E-state index contributed by atoms with van der Waals surface area (Å²) in [5.74, 6) is 1.23. The lowest BCUT2D eigenvalue weighted by Gasteiger charge is -2.25. The number of pyridine rings is 1. The average molecular weight is 388 g/mol. The minimum atomic E-state index is -0.0224. The van der Waals surface area contributed by atoms with E-state index in [4.69, 9.17) is 4.98 Å². The number of aromatic nitrogens is 1. The zero-order valence-corrected chi connectivity index (χ0v) is 17.2. The fraction of sp³-hybridized carbons (Fsp3) is 0.667. The molecule has 0 aromatic carbocycles. The Morgan fingerprint density at radius 2 is 2.21 bits per heavy atom. The Labute approximate surface area is 167 Å². The highest BCUT2D eigenvalue weighted by Gasteiger charge is 2.28. The monoisotopic (exact) mass is 387 g/mol. The molecule has 0 saturated carbocycles. The Kier molecular flexibility index (Phi) is 7.25. The van der Waals surface area contributed by atoms with Crippen molar-refractivity contribution in [1.29, 1.82) is 0 Å². The van der Waals surface area contributed by atoms with Gasteiger partial charge in [0.2, 0.25) is 0 Å². The van der Waals surface area contributed by atoms with E-state index in [2.05, 4.69) is 27.7 Å². The Bertz CT molecular complexity index is 693. The molecule has 1 saturated heterocycles. The van der Waals surface area contributed by atoms with E-state index < -0.39 is 0 Å². The van der Waals surface area contributed by atoms with Crippen molar-refractivity contribution >= 4 is 17.6 Å². The van der Waals surface area contributed by atoms with Gasteiger partial charge in [-0.1, -0.05) is 6.07 Å². The van der Waals surface area contributed by atoms with Crippen LogP contribution in [-0.2, 0) is 17.6 Å². The van der Waals surface area contributed by atoms with E-state index in [-0.39, 0.29) is 17.9 Å². The van der Waals surface area contributed by atoms with Crippen molar-refractivity contribution in [3.05, 3.63) is 23.4 Å². The number of nitrogens with one attached hydrogen (secondary N) is 2. The Hall–Kier alpha value is -2.15. The van der Waals surface area contributed by atoms with Crippen LogP contribution in [0.2, 0.25) is 0 Å². The van der Waals surface area contributed by atoms with Crippen molar-refractivity contribution in [2.75, 3.05) is 45.1 Å². The van der Waals surface area contributed by atoms with E-state index >= 15 is 0 Å². The van der Waals surface area contributed by atoms with Crippen LogP contribution in [0.3, 0.4) is 0 Å². The van der Waals surface area contributed by atoms with Crippen LogP contribution in [0.4, 0.5) is 10.6 Å². The van der Waals surface area contributed by atoms with Crippen molar-refractivity contribution in [3.63, 3.8) is 0 Å². The maximum Gasteiger partial charge on any atom is 0.317 e. The minimum absolute atomic E-state index is 0.0224. The fourth-order valence-electron chi connectivity index (χ4n) is 4.01. The van der Waals surface area contributed by atoms with Crippen LogP contribution in [0.1, 0.15) is 43.9 Å². The number of nitrogens with zero attached hydrogens (tertiary/aromatic N) is 3. The van der Waals surface area contributed by atoms with Gasteiger partial charge in [-0.2, -0.15) is 0 Å². The predicted octanol–water partition coefficient (Wildman–Crippen LogP) is 2.07. The molecule has 7 nitrogen and oxygen atoms in total. The van der Waals surface area contributed by atoms with E-state index in [0.29, 0.717) is 13.1 Å². The lowest BCUT2D eigenvalue weighted by molar-refractivity contribution is -0.117. The summed E-state index contributed by atoms with van der Waals surface area (Å²) in [5.41, 5.74) is 2.44. The molecule has 2 aliphatic rings.